The van der Waals surface area contributed by atoms with Crippen LogP contribution in [0.3, 0.4) is 0 Å². The molecule has 0 radical (unpaired) electrons. The van der Waals surface area contributed by atoms with E-state index in [0.717, 1.165) is 16.5 Å². The SMILES string of the molecule is CC(C)(C)OC(=O)N[C@@H](Cc1c[nH]c2ccccc12)C(=O)CC(=O)O. The van der Waals surface area contributed by atoms with Crippen molar-refractivity contribution in [2.45, 2.75) is 45.3 Å². The average Bonchev–Trinajstić information content (AvgIpc) is 2.87. The lowest BCUT2D eigenvalue weighted by atomic mass is 10.00. The molecule has 0 unspecified atom stereocenters. The zero-order valence-corrected chi connectivity index (χ0v) is 14.5. The molecule has 0 fully saturated rings. The van der Waals surface area contributed by atoms with Crippen molar-refractivity contribution in [1.29, 1.82) is 0 Å². The molecule has 0 aliphatic rings. The van der Waals surface area contributed by atoms with Gasteiger partial charge in [-0.1, -0.05) is 18.2 Å². The molecule has 0 bridgehead atoms. The van der Waals surface area contributed by atoms with E-state index < -0.39 is 35.9 Å². The number of ether oxygens (including phenoxy) is 1. The van der Waals surface area contributed by atoms with Crippen LogP contribution in [0.25, 0.3) is 10.9 Å². The number of fused-ring (bicyclic) bond motifs is 1. The molecule has 0 spiro atoms. The number of H-pyrrole nitrogens is 1. The van der Waals surface area contributed by atoms with Crippen LogP contribution >= 0.6 is 0 Å². The van der Waals surface area contributed by atoms with Crippen LogP contribution in [0, 0.1) is 0 Å². The predicted octanol–water partition coefficient (Wildman–Crippen LogP) is 2.65. The Hall–Kier alpha value is -2.83. The zero-order valence-electron chi connectivity index (χ0n) is 14.5. The van der Waals surface area contributed by atoms with E-state index in [1.165, 1.54) is 0 Å². The Balaban J connectivity index is 2.20. The number of aliphatic carboxylic acids is 1. The number of ketones is 1. The Morgan fingerprint density at radius 1 is 1.24 bits per heavy atom. The van der Waals surface area contributed by atoms with Crippen molar-refractivity contribution >= 4 is 28.7 Å². The number of carboxylic acids is 1. The van der Waals surface area contributed by atoms with Crippen molar-refractivity contribution in [3.8, 4) is 0 Å². The van der Waals surface area contributed by atoms with Gasteiger partial charge < -0.3 is 20.1 Å². The Kier molecular flexibility index (Phi) is 5.46. The van der Waals surface area contributed by atoms with E-state index in [-0.39, 0.29) is 6.42 Å². The molecule has 0 saturated carbocycles. The second-order valence-corrected chi connectivity index (χ2v) is 6.80. The number of aromatic nitrogens is 1. The summed E-state index contributed by atoms with van der Waals surface area (Å²) in [6.07, 6.45) is 0.511. The van der Waals surface area contributed by atoms with Crippen LogP contribution in [0.4, 0.5) is 4.79 Å². The number of Topliss-reactive ketones (excluding diaryl/α,β-unsaturated/α-hetero) is 1. The number of hydrogen-bond donors (Lipinski definition) is 3. The Labute approximate surface area is 145 Å². The molecule has 7 nitrogen and oxygen atoms in total. The Bertz CT molecular complexity index is 788. The monoisotopic (exact) mass is 346 g/mol. The number of carbonyl (C=O) groups is 3. The topological polar surface area (TPSA) is 108 Å². The molecule has 1 atom stereocenters. The summed E-state index contributed by atoms with van der Waals surface area (Å²) in [6, 6.07) is 6.57. The lowest BCUT2D eigenvalue weighted by Gasteiger charge is -2.23. The van der Waals surface area contributed by atoms with Crippen molar-refractivity contribution < 1.29 is 24.2 Å². The highest BCUT2D eigenvalue weighted by molar-refractivity contribution is 5.99. The van der Waals surface area contributed by atoms with Gasteiger partial charge in [0, 0.05) is 23.5 Å². The normalized spacial score (nSPS) is 12.6. The van der Waals surface area contributed by atoms with Crippen LogP contribution in [0.5, 0.6) is 0 Å². The smallest absolute Gasteiger partial charge is 0.408 e. The van der Waals surface area contributed by atoms with Crippen LogP contribution in [0.1, 0.15) is 32.8 Å². The summed E-state index contributed by atoms with van der Waals surface area (Å²) in [5, 5.41) is 12.3. The molecule has 2 aromatic rings. The van der Waals surface area contributed by atoms with Gasteiger partial charge in [0.2, 0.25) is 0 Å². The molecule has 1 aromatic heterocycles. The third-order valence-corrected chi connectivity index (χ3v) is 3.50. The van der Waals surface area contributed by atoms with Crippen LogP contribution in [0.15, 0.2) is 30.5 Å². The number of aromatic amines is 1. The first-order valence-electron chi connectivity index (χ1n) is 7.95. The second kappa shape index (κ2) is 7.38. The molecular formula is C18H22N2O5. The van der Waals surface area contributed by atoms with E-state index in [1.807, 2.05) is 24.3 Å². The highest BCUT2D eigenvalue weighted by Gasteiger charge is 2.26. The number of para-hydroxylation sites is 1. The quantitative estimate of drug-likeness (QED) is 0.697. The van der Waals surface area contributed by atoms with E-state index >= 15 is 0 Å². The third-order valence-electron chi connectivity index (χ3n) is 3.50. The molecule has 134 valence electrons. The molecule has 0 saturated heterocycles. The van der Waals surface area contributed by atoms with Gasteiger partial charge in [0.05, 0.1) is 6.04 Å². The minimum Gasteiger partial charge on any atom is -0.481 e. The van der Waals surface area contributed by atoms with E-state index in [2.05, 4.69) is 10.3 Å². The maximum Gasteiger partial charge on any atom is 0.408 e. The van der Waals surface area contributed by atoms with Gasteiger partial charge in [0.1, 0.15) is 12.0 Å². The Morgan fingerprint density at radius 3 is 2.56 bits per heavy atom. The van der Waals surface area contributed by atoms with Crippen LogP contribution in [0.2, 0.25) is 0 Å². The number of nitrogens with one attached hydrogen (secondary N) is 2. The first kappa shape index (κ1) is 18.5. The third kappa shape index (κ3) is 5.34. The van der Waals surface area contributed by atoms with E-state index in [1.54, 1.807) is 27.0 Å². The minimum absolute atomic E-state index is 0.176. The summed E-state index contributed by atoms with van der Waals surface area (Å²) in [4.78, 5) is 38.2. The van der Waals surface area contributed by atoms with Gasteiger partial charge >= 0.3 is 12.1 Å². The molecule has 0 aliphatic carbocycles. The number of carboxylic acid groups (broad SMARTS) is 1. The van der Waals surface area contributed by atoms with Gasteiger partial charge in [0.15, 0.2) is 5.78 Å². The number of alkyl carbamates (subject to hydrolysis) is 1. The molecule has 0 aliphatic heterocycles. The van der Waals surface area contributed by atoms with E-state index in [4.69, 9.17) is 9.84 Å². The summed E-state index contributed by atoms with van der Waals surface area (Å²) < 4.78 is 5.17. The molecule has 7 heteroatoms. The predicted molar refractivity (Wildman–Crippen MR) is 92.4 cm³/mol. The fourth-order valence-corrected chi connectivity index (χ4v) is 2.49. The first-order valence-corrected chi connectivity index (χ1v) is 7.95. The minimum atomic E-state index is -1.24. The molecular weight excluding hydrogens is 324 g/mol. The largest absolute Gasteiger partial charge is 0.481 e. The number of rotatable bonds is 6. The maximum atomic E-state index is 12.3. The van der Waals surface area contributed by atoms with Crippen molar-refractivity contribution in [2.75, 3.05) is 0 Å². The van der Waals surface area contributed by atoms with Gasteiger partial charge in [-0.25, -0.2) is 4.79 Å². The maximum absolute atomic E-state index is 12.3. The fourth-order valence-electron chi connectivity index (χ4n) is 2.49. The zero-order chi connectivity index (χ0) is 18.6. The second-order valence-electron chi connectivity index (χ2n) is 6.80. The van der Waals surface area contributed by atoms with Crippen molar-refractivity contribution in [3.63, 3.8) is 0 Å². The van der Waals surface area contributed by atoms with Gasteiger partial charge in [-0.2, -0.15) is 0 Å². The summed E-state index contributed by atoms with van der Waals surface area (Å²) in [6.45, 7) is 5.13. The van der Waals surface area contributed by atoms with Crippen molar-refractivity contribution in [3.05, 3.63) is 36.0 Å². The standard InChI is InChI=1S/C18H22N2O5/c1-18(2,3)25-17(24)20-14(15(21)9-16(22)23)8-11-10-19-13-7-5-4-6-12(11)13/h4-7,10,14,19H,8-9H2,1-3H3,(H,20,24)(H,22,23)/t14-/m0/s1. The lowest BCUT2D eigenvalue weighted by molar-refractivity contribution is -0.140. The molecule has 1 amide bonds. The van der Waals surface area contributed by atoms with Gasteiger partial charge in [-0.15, -0.1) is 0 Å². The van der Waals surface area contributed by atoms with Crippen LogP contribution < -0.4 is 5.32 Å². The summed E-state index contributed by atoms with van der Waals surface area (Å²) >= 11 is 0. The molecule has 2 rings (SSSR count). The summed E-state index contributed by atoms with van der Waals surface area (Å²) in [7, 11) is 0. The number of carbonyl (C=O) groups excluding carboxylic acids is 2. The van der Waals surface area contributed by atoms with Crippen molar-refractivity contribution in [2.24, 2.45) is 0 Å². The lowest BCUT2D eigenvalue weighted by Crippen LogP contribution is -2.45. The van der Waals surface area contributed by atoms with Crippen LogP contribution in [-0.4, -0.2) is 39.6 Å². The van der Waals surface area contributed by atoms with Gasteiger partial charge in [0.25, 0.3) is 0 Å². The average molecular weight is 346 g/mol. The molecule has 1 heterocycles. The number of amides is 1. The number of hydrogen-bond acceptors (Lipinski definition) is 4. The van der Waals surface area contributed by atoms with Gasteiger partial charge in [-0.3, -0.25) is 9.59 Å². The van der Waals surface area contributed by atoms with E-state index in [9.17, 15) is 14.4 Å². The van der Waals surface area contributed by atoms with Gasteiger partial charge in [-0.05, 0) is 32.4 Å². The molecule has 1 aromatic carbocycles. The molecule has 3 N–H and O–H groups in total. The summed E-state index contributed by atoms with van der Waals surface area (Å²) in [5.41, 5.74) is 1.00. The van der Waals surface area contributed by atoms with Crippen LogP contribution in [-0.2, 0) is 20.7 Å². The first-order chi connectivity index (χ1) is 11.7. The number of benzene rings is 1. The van der Waals surface area contributed by atoms with E-state index in [0.29, 0.717) is 0 Å². The highest BCUT2D eigenvalue weighted by Crippen LogP contribution is 2.20. The summed E-state index contributed by atoms with van der Waals surface area (Å²) in [5.74, 6) is -1.82. The fraction of sp³-hybridized carbons (Fsp3) is 0.389. The highest BCUT2D eigenvalue weighted by atomic mass is 16.6. The van der Waals surface area contributed by atoms with Crippen molar-refractivity contribution in [1.82, 2.24) is 10.3 Å². The Morgan fingerprint density at radius 2 is 1.92 bits per heavy atom. The molecule has 25 heavy (non-hydrogen) atoms.